The highest BCUT2D eigenvalue weighted by Gasteiger charge is 2.47. The number of benzene rings is 5. The molecular weight excluding hydrogens is 530 g/mol. The molecule has 0 radical (unpaired) electrons. The van der Waals surface area contributed by atoms with Crippen molar-refractivity contribution in [1.82, 2.24) is 0 Å². The predicted molar refractivity (Wildman–Crippen MR) is 189 cm³/mol. The van der Waals surface area contributed by atoms with Gasteiger partial charge in [0.1, 0.15) is 0 Å². The molecule has 5 aromatic carbocycles. The summed E-state index contributed by atoms with van der Waals surface area (Å²) in [5.41, 5.74) is 13.6. The minimum atomic E-state index is -0.490. The molecule has 0 saturated carbocycles. The average Bonchev–Trinajstić information content (AvgIpc) is 3.34. The molecule has 0 aliphatic heterocycles. The van der Waals surface area contributed by atoms with Gasteiger partial charge in [0, 0.05) is 17.4 Å². The molecule has 0 aromatic heterocycles. The van der Waals surface area contributed by atoms with Crippen LogP contribution < -0.4 is 4.90 Å². The smallest absolute Gasteiger partial charge is 0.0714 e. The lowest BCUT2D eigenvalue weighted by Crippen LogP contribution is -2.32. The Balaban J connectivity index is 1.64. The Kier molecular flexibility index (Phi) is 8.22. The van der Waals surface area contributed by atoms with Crippen LogP contribution in [-0.4, -0.2) is 6.04 Å². The van der Waals surface area contributed by atoms with E-state index < -0.39 is 5.41 Å². The molecule has 0 bridgehead atoms. The van der Waals surface area contributed by atoms with Crippen LogP contribution in [0.3, 0.4) is 0 Å². The van der Waals surface area contributed by atoms with Gasteiger partial charge in [0.2, 0.25) is 0 Å². The SMILES string of the molecule is C=C/C=C(\C=C/C)C1(c2ccccc2)c2cc(N(c3ccccc3)C(C)Cc3ccccc3C)ccc2-c2c(C)cccc21. The van der Waals surface area contributed by atoms with E-state index in [2.05, 4.69) is 179 Å². The van der Waals surface area contributed by atoms with Crippen LogP contribution in [0.25, 0.3) is 11.1 Å². The summed E-state index contributed by atoms with van der Waals surface area (Å²) in [7, 11) is 0. The van der Waals surface area contributed by atoms with Crippen molar-refractivity contribution in [2.24, 2.45) is 0 Å². The third-order valence-corrected chi connectivity index (χ3v) is 9.17. The summed E-state index contributed by atoms with van der Waals surface area (Å²) in [6.07, 6.45) is 9.48. The zero-order valence-electron chi connectivity index (χ0n) is 26.3. The summed E-state index contributed by atoms with van der Waals surface area (Å²) in [5, 5.41) is 0. The molecule has 0 saturated heterocycles. The van der Waals surface area contributed by atoms with Crippen molar-refractivity contribution in [1.29, 1.82) is 0 Å². The van der Waals surface area contributed by atoms with Gasteiger partial charge in [0.05, 0.1) is 5.41 Å². The highest BCUT2D eigenvalue weighted by atomic mass is 15.2. The molecule has 6 rings (SSSR count). The van der Waals surface area contributed by atoms with Crippen molar-refractivity contribution in [3.8, 4) is 11.1 Å². The second kappa shape index (κ2) is 12.4. The molecule has 5 aromatic rings. The molecule has 1 aliphatic rings. The standard InChI is InChI=1S/C43H41N/c1-6-17-35(18-7-2)43(36-22-10-8-11-23-36)40-26-16-20-32(4)42(40)39-28-27-38(30-41(39)43)44(37-24-12-9-13-25-37)33(5)29-34-21-15-14-19-31(34)3/h6-28,30,33H,1,29H2,2-5H3/b18-7-,35-17+. The van der Waals surface area contributed by atoms with Crippen molar-refractivity contribution in [3.63, 3.8) is 0 Å². The minimum Gasteiger partial charge on any atom is -0.338 e. The Bertz CT molecular complexity index is 1840. The molecule has 218 valence electrons. The molecule has 0 amide bonds. The third-order valence-electron chi connectivity index (χ3n) is 9.17. The molecule has 1 nitrogen and oxygen atoms in total. The number of hydrogen-bond acceptors (Lipinski definition) is 1. The van der Waals surface area contributed by atoms with Gasteiger partial charge in [-0.2, -0.15) is 0 Å². The summed E-state index contributed by atoms with van der Waals surface area (Å²) < 4.78 is 0. The van der Waals surface area contributed by atoms with Gasteiger partial charge in [0.25, 0.3) is 0 Å². The fourth-order valence-corrected chi connectivity index (χ4v) is 7.28. The van der Waals surface area contributed by atoms with Gasteiger partial charge in [-0.3, -0.25) is 0 Å². The van der Waals surface area contributed by atoms with Crippen molar-refractivity contribution in [2.45, 2.75) is 45.6 Å². The summed E-state index contributed by atoms with van der Waals surface area (Å²) in [6.45, 7) is 13.0. The van der Waals surface area contributed by atoms with E-state index in [1.54, 1.807) is 0 Å². The monoisotopic (exact) mass is 571 g/mol. The Hall–Kier alpha value is -4.88. The van der Waals surface area contributed by atoms with E-state index in [0.717, 1.165) is 6.42 Å². The van der Waals surface area contributed by atoms with E-state index in [1.807, 2.05) is 6.08 Å². The van der Waals surface area contributed by atoms with Gasteiger partial charge in [0.15, 0.2) is 0 Å². The number of anilines is 2. The topological polar surface area (TPSA) is 3.24 Å². The fraction of sp³-hybridized carbons (Fsp3) is 0.163. The first-order valence-electron chi connectivity index (χ1n) is 15.7. The number of allylic oxidation sites excluding steroid dienone is 5. The summed E-state index contributed by atoms with van der Waals surface area (Å²) in [4.78, 5) is 2.52. The van der Waals surface area contributed by atoms with Crippen LogP contribution in [0.2, 0.25) is 0 Å². The molecule has 44 heavy (non-hydrogen) atoms. The second-order valence-corrected chi connectivity index (χ2v) is 11.9. The number of fused-ring (bicyclic) bond motifs is 3. The molecule has 2 unspecified atom stereocenters. The highest BCUT2D eigenvalue weighted by Crippen LogP contribution is 2.58. The van der Waals surface area contributed by atoms with Gasteiger partial charge in [-0.15, -0.1) is 0 Å². The van der Waals surface area contributed by atoms with Crippen LogP contribution in [0.4, 0.5) is 11.4 Å². The van der Waals surface area contributed by atoms with Gasteiger partial charge < -0.3 is 4.90 Å². The first-order valence-corrected chi connectivity index (χ1v) is 15.7. The molecular formula is C43H41N. The van der Waals surface area contributed by atoms with Crippen molar-refractivity contribution in [2.75, 3.05) is 4.90 Å². The van der Waals surface area contributed by atoms with E-state index in [9.17, 15) is 0 Å². The highest BCUT2D eigenvalue weighted by molar-refractivity contribution is 5.90. The largest absolute Gasteiger partial charge is 0.338 e. The minimum absolute atomic E-state index is 0.229. The maximum Gasteiger partial charge on any atom is 0.0714 e. The van der Waals surface area contributed by atoms with Crippen molar-refractivity contribution in [3.05, 3.63) is 191 Å². The van der Waals surface area contributed by atoms with E-state index >= 15 is 0 Å². The lowest BCUT2D eigenvalue weighted by atomic mass is 9.66. The first kappa shape index (κ1) is 29.2. The fourth-order valence-electron chi connectivity index (χ4n) is 7.28. The molecule has 0 heterocycles. The zero-order chi connectivity index (χ0) is 30.7. The predicted octanol–water partition coefficient (Wildman–Crippen LogP) is 11.1. The second-order valence-electron chi connectivity index (χ2n) is 11.9. The van der Waals surface area contributed by atoms with Crippen LogP contribution in [0.5, 0.6) is 0 Å². The van der Waals surface area contributed by atoms with Crippen LogP contribution in [0, 0.1) is 13.8 Å². The number of nitrogens with zero attached hydrogens (tertiary/aromatic N) is 1. The van der Waals surface area contributed by atoms with Crippen LogP contribution >= 0.6 is 0 Å². The van der Waals surface area contributed by atoms with E-state index in [4.69, 9.17) is 0 Å². The Labute approximate surface area is 263 Å². The van der Waals surface area contributed by atoms with Crippen LogP contribution in [0.1, 0.15) is 47.2 Å². The molecule has 0 fully saturated rings. The molecule has 2 atom stereocenters. The molecule has 0 spiro atoms. The first-order chi connectivity index (χ1) is 21.5. The average molecular weight is 572 g/mol. The lowest BCUT2D eigenvalue weighted by Gasteiger charge is -2.37. The van der Waals surface area contributed by atoms with Gasteiger partial charge in [-0.25, -0.2) is 0 Å². The summed E-state index contributed by atoms with van der Waals surface area (Å²) in [6, 6.07) is 44.7. The van der Waals surface area contributed by atoms with Gasteiger partial charge in [-0.1, -0.05) is 128 Å². The third kappa shape index (κ3) is 4.93. The van der Waals surface area contributed by atoms with Gasteiger partial charge in [-0.05, 0) is 108 Å². The number of aryl methyl sites for hydroxylation is 2. The normalized spacial score (nSPS) is 16.4. The summed E-state index contributed by atoms with van der Waals surface area (Å²) >= 11 is 0. The maximum absolute atomic E-state index is 4.15. The zero-order valence-corrected chi connectivity index (χ0v) is 26.3. The molecule has 1 heteroatoms. The quantitative estimate of drug-likeness (QED) is 0.159. The number of para-hydroxylation sites is 1. The summed E-state index contributed by atoms with van der Waals surface area (Å²) in [5.74, 6) is 0. The van der Waals surface area contributed by atoms with Crippen LogP contribution in [-0.2, 0) is 11.8 Å². The number of rotatable bonds is 9. The van der Waals surface area contributed by atoms with Crippen molar-refractivity contribution >= 4 is 11.4 Å². The van der Waals surface area contributed by atoms with E-state index in [0.29, 0.717) is 0 Å². The number of hydrogen-bond donors (Lipinski definition) is 0. The molecule has 0 N–H and O–H groups in total. The van der Waals surface area contributed by atoms with Crippen LogP contribution in [0.15, 0.2) is 158 Å². The lowest BCUT2D eigenvalue weighted by molar-refractivity contribution is 0.703. The van der Waals surface area contributed by atoms with Crippen molar-refractivity contribution < 1.29 is 0 Å². The Morgan fingerprint density at radius 1 is 0.750 bits per heavy atom. The Morgan fingerprint density at radius 2 is 1.43 bits per heavy atom. The maximum atomic E-state index is 4.15. The van der Waals surface area contributed by atoms with E-state index in [1.165, 1.54) is 61.5 Å². The molecule has 1 aliphatic carbocycles. The Morgan fingerprint density at radius 3 is 2.14 bits per heavy atom. The van der Waals surface area contributed by atoms with E-state index in [-0.39, 0.29) is 6.04 Å². The van der Waals surface area contributed by atoms with Gasteiger partial charge >= 0.3 is 0 Å².